The number of aliphatic hydroxyl groups excluding tert-OH is 1. The molecule has 0 amide bonds. The van der Waals surface area contributed by atoms with Gasteiger partial charge in [0, 0.05) is 29.9 Å². The molecule has 1 N–H and O–H groups in total. The van der Waals surface area contributed by atoms with E-state index >= 15 is 0 Å². The summed E-state index contributed by atoms with van der Waals surface area (Å²) in [5, 5.41) is 8.75. The summed E-state index contributed by atoms with van der Waals surface area (Å²) in [4.78, 5) is 14.8. The first-order chi connectivity index (χ1) is 11.8. The first-order valence-corrected chi connectivity index (χ1v) is 8.09. The molecule has 1 fully saturated rings. The zero-order chi connectivity index (χ0) is 16.8. The van der Waals surface area contributed by atoms with Crippen LogP contribution in [0.1, 0.15) is 15.9 Å². The summed E-state index contributed by atoms with van der Waals surface area (Å²) in [7, 11) is 0. The molecular weight excluding hydrogens is 306 g/mol. The molecule has 2 aromatic rings. The maximum absolute atomic E-state index is 12.5. The highest BCUT2D eigenvalue weighted by Gasteiger charge is 2.13. The summed E-state index contributed by atoms with van der Waals surface area (Å²) < 4.78 is 10.7. The number of hydrogen-bond donors (Lipinski definition) is 1. The average Bonchev–Trinajstić information content (AvgIpc) is 2.67. The van der Waals surface area contributed by atoms with Crippen molar-refractivity contribution in [3.8, 4) is 5.75 Å². The second kappa shape index (κ2) is 7.95. The van der Waals surface area contributed by atoms with Crippen molar-refractivity contribution in [1.82, 2.24) is 0 Å². The molecule has 0 aromatic heterocycles. The highest BCUT2D eigenvalue weighted by molar-refractivity contribution is 6.09. The highest BCUT2D eigenvalue weighted by atomic mass is 16.5. The summed E-state index contributed by atoms with van der Waals surface area (Å²) in [5.74, 6) is 0.625. The number of nitrogens with zero attached hydrogens (tertiary/aromatic N) is 1. The number of aliphatic hydroxyl groups is 1. The number of morpholine rings is 1. The molecule has 3 rings (SSSR count). The number of carbonyl (C=O) groups is 1. The van der Waals surface area contributed by atoms with Crippen LogP contribution in [0.2, 0.25) is 0 Å². The molecule has 0 bridgehead atoms. The van der Waals surface area contributed by atoms with Crippen molar-refractivity contribution in [2.24, 2.45) is 0 Å². The first kappa shape index (κ1) is 16.5. The third kappa shape index (κ3) is 3.93. The van der Waals surface area contributed by atoms with Crippen LogP contribution < -0.4 is 9.64 Å². The Morgan fingerprint density at radius 1 is 1.00 bits per heavy atom. The summed E-state index contributed by atoms with van der Waals surface area (Å²) in [6.45, 7) is 3.45. The van der Waals surface area contributed by atoms with Crippen molar-refractivity contribution in [2.45, 2.75) is 0 Å². The molecule has 0 atom stereocenters. The van der Waals surface area contributed by atoms with Gasteiger partial charge in [-0.3, -0.25) is 4.79 Å². The van der Waals surface area contributed by atoms with Crippen LogP contribution in [0.3, 0.4) is 0 Å². The second-order valence-electron chi connectivity index (χ2n) is 5.57. The van der Waals surface area contributed by atoms with Gasteiger partial charge in [-0.2, -0.15) is 0 Å². The Hall–Kier alpha value is -2.37. The Balaban J connectivity index is 1.68. The second-order valence-corrected chi connectivity index (χ2v) is 5.57. The fourth-order valence-corrected chi connectivity index (χ4v) is 2.68. The number of anilines is 1. The molecule has 0 saturated carbocycles. The molecule has 5 nitrogen and oxygen atoms in total. The standard InChI is InChI=1S/C19H21NO4/c21-11-14-24-18-7-3-16(4-8-18)19(22)15-1-5-17(6-2-15)20-9-12-23-13-10-20/h1-8,21H,9-14H2. The average molecular weight is 327 g/mol. The van der Waals surface area contributed by atoms with E-state index in [9.17, 15) is 4.79 Å². The Labute approximate surface area is 141 Å². The van der Waals surface area contributed by atoms with Crippen LogP contribution in [0.5, 0.6) is 5.75 Å². The van der Waals surface area contributed by atoms with E-state index in [1.165, 1.54) is 0 Å². The third-order valence-electron chi connectivity index (χ3n) is 3.98. The summed E-state index contributed by atoms with van der Waals surface area (Å²) in [6.07, 6.45) is 0. The van der Waals surface area contributed by atoms with Gasteiger partial charge >= 0.3 is 0 Å². The zero-order valence-corrected chi connectivity index (χ0v) is 13.5. The van der Waals surface area contributed by atoms with Crippen LogP contribution in [0, 0.1) is 0 Å². The number of benzene rings is 2. The van der Waals surface area contributed by atoms with Gasteiger partial charge in [0.2, 0.25) is 0 Å². The fourth-order valence-electron chi connectivity index (χ4n) is 2.68. The lowest BCUT2D eigenvalue weighted by atomic mass is 10.0. The van der Waals surface area contributed by atoms with E-state index in [2.05, 4.69) is 4.90 Å². The molecule has 126 valence electrons. The Bertz CT molecular complexity index is 661. The number of hydrogen-bond acceptors (Lipinski definition) is 5. The van der Waals surface area contributed by atoms with E-state index < -0.39 is 0 Å². The van der Waals surface area contributed by atoms with Crippen molar-refractivity contribution in [3.05, 3.63) is 59.7 Å². The van der Waals surface area contributed by atoms with Crippen molar-refractivity contribution in [3.63, 3.8) is 0 Å². The summed E-state index contributed by atoms with van der Waals surface area (Å²) in [6, 6.07) is 14.7. The molecule has 1 heterocycles. The van der Waals surface area contributed by atoms with Gasteiger partial charge < -0.3 is 19.5 Å². The van der Waals surface area contributed by atoms with Crippen LogP contribution in [-0.4, -0.2) is 50.4 Å². The predicted molar refractivity (Wildman–Crippen MR) is 91.9 cm³/mol. The Morgan fingerprint density at radius 2 is 1.58 bits per heavy atom. The lowest BCUT2D eigenvalue weighted by Crippen LogP contribution is -2.36. The molecule has 1 aliphatic rings. The molecule has 0 unspecified atom stereocenters. The van der Waals surface area contributed by atoms with E-state index in [1.54, 1.807) is 24.3 Å². The normalized spacial score (nSPS) is 14.5. The number of rotatable bonds is 6. The number of carbonyl (C=O) groups excluding carboxylic acids is 1. The number of ether oxygens (including phenoxy) is 2. The Kier molecular flexibility index (Phi) is 5.46. The van der Waals surface area contributed by atoms with Gasteiger partial charge in [-0.05, 0) is 48.5 Å². The van der Waals surface area contributed by atoms with Crippen molar-refractivity contribution in [1.29, 1.82) is 0 Å². The van der Waals surface area contributed by atoms with E-state index in [0.29, 0.717) is 16.9 Å². The van der Waals surface area contributed by atoms with Gasteiger partial charge in [0.1, 0.15) is 12.4 Å². The van der Waals surface area contributed by atoms with Crippen LogP contribution in [0.15, 0.2) is 48.5 Å². The molecule has 0 aliphatic carbocycles. The number of ketones is 1. The maximum atomic E-state index is 12.5. The minimum absolute atomic E-state index is 0.0164. The smallest absolute Gasteiger partial charge is 0.193 e. The van der Waals surface area contributed by atoms with Crippen LogP contribution >= 0.6 is 0 Å². The molecule has 1 saturated heterocycles. The first-order valence-electron chi connectivity index (χ1n) is 8.09. The topological polar surface area (TPSA) is 59.0 Å². The predicted octanol–water partition coefficient (Wildman–Crippen LogP) is 2.13. The minimum Gasteiger partial charge on any atom is -0.491 e. The van der Waals surface area contributed by atoms with Gasteiger partial charge in [-0.1, -0.05) is 0 Å². The van der Waals surface area contributed by atoms with Gasteiger partial charge in [-0.25, -0.2) is 0 Å². The van der Waals surface area contributed by atoms with Crippen LogP contribution in [0.4, 0.5) is 5.69 Å². The Morgan fingerprint density at radius 3 is 2.17 bits per heavy atom. The third-order valence-corrected chi connectivity index (χ3v) is 3.98. The van der Waals surface area contributed by atoms with Crippen LogP contribution in [-0.2, 0) is 4.74 Å². The monoisotopic (exact) mass is 327 g/mol. The highest BCUT2D eigenvalue weighted by Crippen LogP contribution is 2.20. The molecule has 0 radical (unpaired) electrons. The van der Waals surface area contributed by atoms with E-state index in [1.807, 2.05) is 24.3 Å². The molecule has 0 spiro atoms. The minimum atomic E-state index is -0.0316. The maximum Gasteiger partial charge on any atom is 0.193 e. The van der Waals surface area contributed by atoms with Gasteiger partial charge in [-0.15, -0.1) is 0 Å². The molecular formula is C19H21NO4. The van der Waals surface area contributed by atoms with E-state index in [4.69, 9.17) is 14.6 Å². The van der Waals surface area contributed by atoms with Crippen molar-refractivity contribution < 1.29 is 19.4 Å². The molecule has 24 heavy (non-hydrogen) atoms. The van der Waals surface area contributed by atoms with Crippen molar-refractivity contribution >= 4 is 11.5 Å². The SMILES string of the molecule is O=C(c1ccc(OCCO)cc1)c1ccc(N2CCOCC2)cc1. The van der Waals surface area contributed by atoms with Crippen molar-refractivity contribution in [2.75, 3.05) is 44.4 Å². The lowest BCUT2D eigenvalue weighted by Gasteiger charge is -2.28. The summed E-state index contributed by atoms with van der Waals surface area (Å²) >= 11 is 0. The van der Waals surface area contributed by atoms with Gasteiger partial charge in [0.15, 0.2) is 5.78 Å². The zero-order valence-electron chi connectivity index (χ0n) is 13.5. The fraction of sp³-hybridized carbons (Fsp3) is 0.316. The molecule has 1 aliphatic heterocycles. The lowest BCUT2D eigenvalue weighted by molar-refractivity contribution is 0.103. The van der Waals surface area contributed by atoms with Crippen LogP contribution in [0.25, 0.3) is 0 Å². The van der Waals surface area contributed by atoms with E-state index in [-0.39, 0.29) is 19.0 Å². The quantitative estimate of drug-likeness (QED) is 0.824. The van der Waals surface area contributed by atoms with Gasteiger partial charge in [0.25, 0.3) is 0 Å². The summed E-state index contributed by atoms with van der Waals surface area (Å²) in [5.41, 5.74) is 2.39. The van der Waals surface area contributed by atoms with E-state index in [0.717, 1.165) is 32.0 Å². The molecule has 2 aromatic carbocycles. The largest absolute Gasteiger partial charge is 0.491 e. The van der Waals surface area contributed by atoms with Gasteiger partial charge in [0.05, 0.1) is 19.8 Å². The molecule has 5 heteroatoms.